The molecule has 0 bridgehead atoms. The lowest BCUT2D eigenvalue weighted by molar-refractivity contribution is -0.136. The highest BCUT2D eigenvalue weighted by atomic mass is 19.3. The van der Waals surface area contributed by atoms with E-state index < -0.39 is 24.5 Å². The number of aliphatic carboxylic acids is 1. The van der Waals surface area contributed by atoms with E-state index in [0.29, 0.717) is 0 Å². The summed E-state index contributed by atoms with van der Waals surface area (Å²) in [5, 5.41) is 17.4. The maximum atomic E-state index is 12.7. The Labute approximate surface area is 95.3 Å². The highest BCUT2D eigenvalue weighted by Gasteiger charge is 2.22. The molecule has 0 saturated carbocycles. The van der Waals surface area contributed by atoms with Crippen LogP contribution < -0.4 is 4.74 Å². The molecule has 0 aromatic carbocycles. The molecule has 0 aliphatic rings. The summed E-state index contributed by atoms with van der Waals surface area (Å²) in [6.07, 6.45) is -3.65. The summed E-state index contributed by atoms with van der Waals surface area (Å²) in [7, 11) is 1.22. The smallest absolute Gasteiger partial charge is 0.307 e. The standard InChI is InChI=1S/C10H8F2N2O3/c1-17-7-2-5(4-13)6(3-8(15)16)9(14-7)10(11)12/h2,10H,3H2,1H3,(H,15,16). The van der Waals surface area contributed by atoms with E-state index in [9.17, 15) is 13.6 Å². The first kappa shape index (κ1) is 12.8. The number of ether oxygens (including phenoxy) is 1. The van der Waals surface area contributed by atoms with Gasteiger partial charge in [0.15, 0.2) is 0 Å². The Morgan fingerprint density at radius 2 is 2.35 bits per heavy atom. The molecule has 1 rings (SSSR count). The lowest BCUT2D eigenvalue weighted by Crippen LogP contribution is -2.09. The number of nitriles is 1. The minimum absolute atomic E-state index is 0.147. The van der Waals surface area contributed by atoms with E-state index >= 15 is 0 Å². The van der Waals surface area contributed by atoms with Crippen LogP contribution in [0.3, 0.4) is 0 Å². The van der Waals surface area contributed by atoms with Gasteiger partial charge in [0.05, 0.1) is 25.2 Å². The minimum Gasteiger partial charge on any atom is -0.481 e. The van der Waals surface area contributed by atoms with Gasteiger partial charge in [0.25, 0.3) is 6.43 Å². The largest absolute Gasteiger partial charge is 0.481 e. The first-order valence-electron chi connectivity index (χ1n) is 4.47. The molecule has 5 nitrogen and oxygen atoms in total. The Balaban J connectivity index is 3.42. The number of nitrogens with zero attached hydrogens (tertiary/aromatic N) is 2. The third-order valence-corrected chi connectivity index (χ3v) is 2.00. The average Bonchev–Trinajstić information content (AvgIpc) is 2.28. The number of hydrogen-bond donors (Lipinski definition) is 1. The minimum atomic E-state index is -2.97. The molecule has 17 heavy (non-hydrogen) atoms. The molecular formula is C10H8F2N2O3. The fourth-order valence-electron chi connectivity index (χ4n) is 1.29. The molecule has 1 aromatic heterocycles. The van der Waals surface area contributed by atoms with E-state index in [4.69, 9.17) is 10.4 Å². The second-order valence-corrected chi connectivity index (χ2v) is 3.06. The number of rotatable bonds is 4. The molecule has 0 atom stereocenters. The Hall–Kier alpha value is -2.23. The van der Waals surface area contributed by atoms with Crippen molar-refractivity contribution in [3.8, 4) is 11.9 Å². The van der Waals surface area contributed by atoms with Crippen molar-refractivity contribution < 1.29 is 23.4 Å². The van der Waals surface area contributed by atoms with Crippen LogP contribution in [0.1, 0.15) is 23.2 Å². The van der Waals surface area contributed by atoms with Crippen LogP contribution in [0, 0.1) is 11.3 Å². The SMILES string of the molecule is COc1cc(C#N)c(CC(=O)O)c(C(F)F)n1. The van der Waals surface area contributed by atoms with Crippen LogP contribution in [0.2, 0.25) is 0 Å². The van der Waals surface area contributed by atoms with E-state index in [1.54, 1.807) is 6.07 Å². The summed E-state index contributed by atoms with van der Waals surface area (Å²) in [5.41, 5.74) is -1.19. The number of carboxylic acids is 1. The van der Waals surface area contributed by atoms with Crippen molar-refractivity contribution in [1.82, 2.24) is 4.98 Å². The maximum Gasteiger partial charge on any atom is 0.307 e. The summed E-state index contributed by atoms with van der Waals surface area (Å²) < 4.78 is 30.0. The zero-order chi connectivity index (χ0) is 13.0. The number of halogens is 2. The second-order valence-electron chi connectivity index (χ2n) is 3.06. The van der Waals surface area contributed by atoms with Crippen molar-refractivity contribution in [2.75, 3.05) is 7.11 Å². The lowest BCUT2D eigenvalue weighted by atomic mass is 10.0. The van der Waals surface area contributed by atoms with E-state index in [1.807, 2.05) is 0 Å². The molecular weight excluding hydrogens is 234 g/mol. The van der Waals surface area contributed by atoms with Gasteiger partial charge in [0.1, 0.15) is 5.69 Å². The number of pyridine rings is 1. The van der Waals surface area contributed by atoms with E-state index in [0.717, 1.165) is 6.07 Å². The van der Waals surface area contributed by atoms with Crippen molar-refractivity contribution in [2.45, 2.75) is 12.8 Å². The quantitative estimate of drug-likeness (QED) is 0.865. The average molecular weight is 242 g/mol. The molecule has 1 heterocycles. The molecule has 0 spiro atoms. The van der Waals surface area contributed by atoms with Crippen LogP contribution in [-0.4, -0.2) is 23.2 Å². The molecule has 0 aliphatic carbocycles. The zero-order valence-electron chi connectivity index (χ0n) is 8.78. The number of alkyl halides is 2. The lowest BCUT2D eigenvalue weighted by Gasteiger charge is -2.10. The second kappa shape index (κ2) is 5.21. The number of methoxy groups -OCH3 is 1. The highest BCUT2D eigenvalue weighted by Crippen LogP contribution is 2.27. The number of carboxylic acid groups (broad SMARTS) is 1. The van der Waals surface area contributed by atoms with Gasteiger partial charge in [0.2, 0.25) is 5.88 Å². The van der Waals surface area contributed by atoms with Crippen LogP contribution in [0.15, 0.2) is 6.07 Å². The molecule has 0 unspecified atom stereocenters. The van der Waals surface area contributed by atoms with Gasteiger partial charge < -0.3 is 9.84 Å². The van der Waals surface area contributed by atoms with Gasteiger partial charge in [-0.3, -0.25) is 4.79 Å². The Kier molecular flexibility index (Phi) is 3.93. The van der Waals surface area contributed by atoms with Gasteiger partial charge in [0, 0.05) is 11.6 Å². The summed E-state index contributed by atoms with van der Waals surface area (Å²) in [5.74, 6) is -1.46. The maximum absolute atomic E-state index is 12.7. The van der Waals surface area contributed by atoms with Gasteiger partial charge >= 0.3 is 5.97 Å². The molecule has 0 radical (unpaired) electrons. The zero-order valence-corrected chi connectivity index (χ0v) is 8.78. The van der Waals surface area contributed by atoms with Gasteiger partial charge in [-0.15, -0.1) is 0 Å². The summed E-state index contributed by atoms with van der Waals surface area (Å²) >= 11 is 0. The number of aromatic nitrogens is 1. The van der Waals surface area contributed by atoms with Crippen molar-refractivity contribution in [3.05, 3.63) is 22.9 Å². The van der Waals surface area contributed by atoms with Crippen LogP contribution >= 0.6 is 0 Å². The molecule has 1 aromatic rings. The van der Waals surface area contributed by atoms with Crippen molar-refractivity contribution in [2.24, 2.45) is 0 Å². The normalized spacial score (nSPS) is 10.1. The van der Waals surface area contributed by atoms with Crippen LogP contribution in [-0.2, 0) is 11.2 Å². The third-order valence-electron chi connectivity index (χ3n) is 2.00. The Morgan fingerprint density at radius 1 is 1.71 bits per heavy atom. The fraction of sp³-hybridized carbons (Fsp3) is 0.300. The van der Waals surface area contributed by atoms with Gasteiger partial charge in [-0.05, 0) is 0 Å². The predicted octanol–water partition coefficient (Wildman–Crippen LogP) is 1.53. The molecule has 0 amide bonds. The van der Waals surface area contributed by atoms with E-state index in [2.05, 4.69) is 9.72 Å². The highest BCUT2D eigenvalue weighted by molar-refractivity contribution is 5.72. The van der Waals surface area contributed by atoms with Crippen molar-refractivity contribution >= 4 is 5.97 Å². The predicted molar refractivity (Wildman–Crippen MR) is 51.8 cm³/mol. The summed E-state index contributed by atoms with van der Waals surface area (Å²) in [6, 6.07) is 2.78. The van der Waals surface area contributed by atoms with Gasteiger partial charge in [-0.1, -0.05) is 0 Å². The van der Waals surface area contributed by atoms with Crippen LogP contribution in [0.25, 0.3) is 0 Å². The molecule has 0 aliphatic heterocycles. The fourth-order valence-corrected chi connectivity index (χ4v) is 1.29. The van der Waals surface area contributed by atoms with E-state index in [1.165, 1.54) is 7.11 Å². The van der Waals surface area contributed by atoms with Crippen molar-refractivity contribution in [1.29, 1.82) is 5.26 Å². The number of carbonyl (C=O) groups is 1. The van der Waals surface area contributed by atoms with Crippen LogP contribution in [0.5, 0.6) is 5.88 Å². The summed E-state index contributed by atoms with van der Waals surface area (Å²) in [6.45, 7) is 0. The van der Waals surface area contributed by atoms with E-state index in [-0.39, 0.29) is 17.0 Å². The summed E-state index contributed by atoms with van der Waals surface area (Å²) in [4.78, 5) is 14.0. The first-order valence-corrected chi connectivity index (χ1v) is 4.47. The molecule has 7 heteroatoms. The van der Waals surface area contributed by atoms with Crippen LogP contribution in [0.4, 0.5) is 8.78 Å². The molecule has 1 N–H and O–H groups in total. The first-order chi connectivity index (χ1) is 7.99. The topological polar surface area (TPSA) is 83.2 Å². The van der Waals surface area contributed by atoms with Gasteiger partial charge in [-0.25, -0.2) is 13.8 Å². The molecule has 90 valence electrons. The van der Waals surface area contributed by atoms with Gasteiger partial charge in [-0.2, -0.15) is 5.26 Å². The third kappa shape index (κ3) is 2.87. The number of hydrogen-bond acceptors (Lipinski definition) is 4. The molecule has 0 saturated heterocycles. The van der Waals surface area contributed by atoms with Crippen molar-refractivity contribution in [3.63, 3.8) is 0 Å². The molecule has 0 fully saturated rings. The monoisotopic (exact) mass is 242 g/mol. The Bertz CT molecular complexity index is 483. The Morgan fingerprint density at radius 3 is 2.76 bits per heavy atom.